The number of rotatable bonds is 9. The molecule has 2 aromatic carbocycles. The Balaban J connectivity index is 1.81. The van der Waals surface area contributed by atoms with E-state index in [9.17, 15) is 9.59 Å². The summed E-state index contributed by atoms with van der Waals surface area (Å²) in [4.78, 5) is 27.0. The van der Waals surface area contributed by atoms with Gasteiger partial charge in [-0.15, -0.1) is 0 Å². The number of carboxylic acids is 1. The van der Waals surface area contributed by atoms with Crippen molar-refractivity contribution >= 4 is 39.3 Å². The van der Waals surface area contributed by atoms with Gasteiger partial charge in [0.25, 0.3) is 6.17 Å². The summed E-state index contributed by atoms with van der Waals surface area (Å²) in [5.74, 6) is 0.465. The first-order valence-corrected chi connectivity index (χ1v) is 12.5. The molecule has 3 N–H and O–H groups in total. The van der Waals surface area contributed by atoms with E-state index in [4.69, 9.17) is 19.7 Å². The molecule has 2 heterocycles. The van der Waals surface area contributed by atoms with Gasteiger partial charge in [0, 0.05) is 20.9 Å². The van der Waals surface area contributed by atoms with Crippen molar-refractivity contribution in [1.29, 1.82) is 0 Å². The summed E-state index contributed by atoms with van der Waals surface area (Å²) >= 11 is 5.00. The Morgan fingerprint density at radius 2 is 2.09 bits per heavy atom. The minimum absolute atomic E-state index is 0.228. The van der Waals surface area contributed by atoms with Gasteiger partial charge in [-0.05, 0) is 47.5 Å². The Morgan fingerprint density at radius 1 is 1.26 bits per heavy atom. The van der Waals surface area contributed by atoms with Crippen LogP contribution in [-0.2, 0) is 4.79 Å². The van der Waals surface area contributed by atoms with Crippen LogP contribution in [0.2, 0.25) is 0 Å². The normalized spacial score (nSPS) is 14.0. The molecule has 0 saturated heterocycles. The number of aromatic amines is 1. The summed E-state index contributed by atoms with van der Waals surface area (Å²) in [5.41, 5.74) is 2.50. The van der Waals surface area contributed by atoms with Crippen LogP contribution < -0.4 is 25.0 Å². The number of ether oxygens (including phenoxy) is 2. The highest BCUT2D eigenvalue weighted by atomic mass is 79.9. The number of benzene rings is 2. The molecule has 1 aliphatic rings. The smallest absolute Gasteiger partial charge is 0.341 e. The first kappa shape index (κ1) is 24.1. The highest BCUT2D eigenvalue weighted by Crippen LogP contribution is 2.36. The van der Waals surface area contributed by atoms with Crippen molar-refractivity contribution in [1.82, 2.24) is 10.1 Å². The Labute approximate surface area is 208 Å². The molecule has 0 aliphatic carbocycles. The lowest BCUT2D eigenvalue weighted by Gasteiger charge is -2.23. The number of carbonyl (C=O) groups is 1. The van der Waals surface area contributed by atoms with Crippen LogP contribution in [0.15, 0.2) is 50.8 Å². The Kier molecular flexibility index (Phi) is 7.42. The molecule has 0 amide bonds. The molecule has 0 spiro atoms. The molecule has 0 bridgehead atoms. The van der Waals surface area contributed by atoms with E-state index in [2.05, 4.69) is 33.2 Å². The topological polar surface area (TPSA) is 117 Å². The van der Waals surface area contributed by atoms with Crippen LogP contribution in [0.25, 0.3) is 11.3 Å². The summed E-state index contributed by atoms with van der Waals surface area (Å²) in [6.45, 7) is 1.64. The van der Waals surface area contributed by atoms with E-state index in [0.717, 1.165) is 39.9 Å². The van der Waals surface area contributed by atoms with Gasteiger partial charge in [-0.2, -0.15) is 0 Å². The third-order valence-corrected chi connectivity index (χ3v) is 6.67. The number of aromatic nitrogens is 3. The predicted octanol–water partition coefficient (Wildman–Crippen LogP) is 3.82. The fraction of sp³-hybridized carbons (Fsp3) is 0.304. The number of nitrogens with zero attached hydrogens (tertiary/aromatic N) is 2. The number of thioether (sulfide) groups is 1. The van der Waals surface area contributed by atoms with Gasteiger partial charge >= 0.3 is 17.2 Å². The molecule has 4 rings (SSSR count). The minimum atomic E-state index is -1.08. The molecule has 1 atom stereocenters. The van der Waals surface area contributed by atoms with Crippen LogP contribution in [0.5, 0.6) is 11.5 Å². The van der Waals surface area contributed by atoms with Crippen LogP contribution in [0.1, 0.15) is 31.5 Å². The molecule has 178 valence electrons. The van der Waals surface area contributed by atoms with Crippen LogP contribution >= 0.6 is 27.7 Å². The lowest BCUT2D eigenvalue weighted by Crippen LogP contribution is -2.55. The molecule has 11 heteroatoms. The van der Waals surface area contributed by atoms with Gasteiger partial charge in [0.05, 0.1) is 18.4 Å². The molecule has 9 nitrogen and oxygen atoms in total. The van der Waals surface area contributed by atoms with Crippen molar-refractivity contribution in [3.63, 3.8) is 0 Å². The van der Waals surface area contributed by atoms with Crippen molar-refractivity contribution in [3.05, 3.63) is 56.8 Å². The van der Waals surface area contributed by atoms with Crippen molar-refractivity contribution in [3.8, 4) is 22.8 Å². The number of hydrogen-bond acceptors (Lipinski definition) is 7. The van der Waals surface area contributed by atoms with E-state index >= 15 is 0 Å². The maximum atomic E-state index is 13.2. The Bertz CT molecular complexity index is 1280. The van der Waals surface area contributed by atoms with Crippen molar-refractivity contribution in [2.45, 2.75) is 31.1 Å². The van der Waals surface area contributed by atoms with Crippen molar-refractivity contribution in [2.75, 3.05) is 24.8 Å². The highest BCUT2D eigenvalue weighted by molar-refractivity contribution is 9.10. The number of unbranched alkanes of at least 4 members (excludes halogenated alkanes) is 1. The Morgan fingerprint density at radius 3 is 2.82 bits per heavy atom. The molecule has 0 fully saturated rings. The lowest BCUT2D eigenvalue weighted by molar-refractivity contribution is -0.759. The number of carboxylic acid groups (broad SMARTS) is 1. The third kappa shape index (κ3) is 5.05. The molecule has 3 aromatic rings. The largest absolute Gasteiger partial charge is 0.493 e. The van der Waals surface area contributed by atoms with Gasteiger partial charge in [0.1, 0.15) is 0 Å². The van der Waals surface area contributed by atoms with Crippen LogP contribution in [-0.4, -0.2) is 40.6 Å². The molecule has 0 saturated carbocycles. The summed E-state index contributed by atoms with van der Waals surface area (Å²) in [6, 6.07) is 10.9. The standard InChI is InChI=1S/C23H23BrN4O5S/c1-3-4-9-34-23-26-22(31)20-15-11-14(24)6-7-16(15)25-21(28(20)27-23)13-5-8-17(18(10-13)32-2)33-12-19(29)30/h5-8,10-11,21H,3-4,9,12H2,1-2H3,(H2,26,27,29,30,31)/p+1/t21-/m1/s1. The van der Waals surface area contributed by atoms with Gasteiger partial charge in [-0.25, -0.2) is 4.79 Å². The van der Waals surface area contributed by atoms with Crippen LogP contribution in [0, 0.1) is 0 Å². The first-order chi connectivity index (χ1) is 16.4. The SMILES string of the molecule is CCCCSc1n[n+]2c(c(=O)[nH]1)-c1cc(Br)ccc1N[C@H]2c1ccc(OCC(=O)O)c(OC)c1. The molecule has 0 radical (unpaired) electrons. The number of methoxy groups -OCH3 is 1. The monoisotopic (exact) mass is 547 g/mol. The number of H-pyrrole nitrogens is 1. The van der Waals surface area contributed by atoms with Crippen LogP contribution in [0.3, 0.4) is 0 Å². The molecular weight excluding hydrogens is 524 g/mol. The molecule has 34 heavy (non-hydrogen) atoms. The predicted molar refractivity (Wildman–Crippen MR) is 132 cm³/mol. The zero-order valence-electron chi connectivity index (χ0n) is 18.6. The number of halogens is 1. The van der Waals surface area contributed by atoms with Crippen LogP contribution in [0.4, 0.5) is 5.69 Å². The van der Waals surface area contributed by atoms with Crippen molar-refractivity contribution in [2.24, 2.45) is 0 Å². The van der Waals surface area contributed by atoms with Crippen molar-refractivity contribution < 1.29 is 24.1 Å². The maximum absolute atomic E-state index is 13.2. The van der Waals surface area contributed by atoms with E-state index in [1.54, 1.807) is 22.9 Å². The maximum Gasteiger partial charge on any atom is 0.341 e. The second kappa shape index (κ2) is 10.5. The zero-order chi connectivity index (χ0) is 24.2. The molecule has 0 unspecified atom stereocenters. The van der Waals surface area contributed by atoms with Gasteiger partial charge in [-0.3, -0.25) is 9.78 Å². The van der Waals surface area contributed by atoms with E-state index < -0.39 is 18.7 Å². The number of hydrogen-bond donors (Lipinski definition) is 3. The first-order valence-electron chi connectivity index (χ1n) is 10.7. The number of nitrogens with one attached hydrogen (secondary N) is 2. The minimum Gasteiger partial charge on any atom is -0.493 e. The summed E-state index contributed by atoms with van der Waals surface area (Å²) in [7, 11) is 1.49. The average molecular weight is 548 g/mol. The number of aliphatic carboxylic acids is 1. The average Bonchev–Trinajstić information content (AvgIpc) is 2.82. The van der Waals surface area contributed by atoms with Gasteiger partial charge < -0.3 is 19.9 Å². The highest BCUT2D eigenvalue weighted by Gasteiger charge is 2.38. The lowest BCUT2D eigenvalue weighted by atomic mass is 10.0. The van der Waals surface area contributed by atoms with E-state index in [0.29, 0.717) is 22.3 Å². The van der Waals surface area contributed by atoms with E-state index in [-0.39, 0.29) is 5.56 Å². The van der Waals surface area contributed by atoms with E-state index in [1.807, 2.05) is 18.2 Å². The fourth-order valence-electron chi connectivity index (χ4n) is 3.63. The quantitative estimate of drug-likeness (QED) is 0.210. The molecular formula is C23H24BrN4O5S+. The number of fused-ring (bicyclic) bond motifs is 3. The van der Waals surface area contributed by atoms with Gasteiger partial charge in [0.2, 0.25) is 5.16 Å². The van der Waals surface area contributed by atoms with Gasteiger partial charge in [0.15, 0.2) is 18.1 Å². The molecule has 1 aliphatic heterocycles. The third-order valence-electron chi connectivity index (χ3n) is 5.23. The Hall–Kier alpha value is -3.05. The second-order valence-corrected chi connectivity index (χ2v) is 9.58. The van der Waals surface area contributed by atoms with Gasteiger partial charge in [-0.1, -0.05) is 41.0 Å². The fourth-order valence-corrected chi connectivity index (χ4v) is 4.93. The summed E-state index contributed by atoms with van der Waals surface area (Å²) in [5, 5.41) is 17.7. The summed E-state index contributed by atoms with van der Waals surface area (Å²) in [6.07, 6.45) is 1.57. The number of anilines is 1. The van der Waals surface area contributed by atoms with E-state index in [1.165, 1.54) is 18.9 Å². The summed E-state index contributed by atoms with van der Waals surface area (Å²) < 4.78 is 13.3. The second-order valence-electron chi connectivity index (χ2n) is 7.58. The zero-order valence-corrected chi connectivity index (χ0v) is 21.0. The molecule has 1 aromatic heterocycles.